The molecule has 0 saturated heterocycles. The van der Waals surface area contributed by atoms with E-state index in [-0.39, 0.29) is 33.4 Å². The molecule has 1 aliphatic rings. The quantitative estimate of drug-likeness (QED) is 0.219. The maximum atomic E-state index is 13.4. The molecular weight excluding hydrogens is 492 g/mol. The van der Waals surface area contributed by atoms with E-state index in [1.807, 2.05) is 0 Å². The Hall–Kier alpha value is -4.91. The number of carbonyl (C=O) groups is 2. The maximum absolute atomic E-state index is 13.4. The van der Waals surface area contributed by atoms with Gasteiger partial charge in [-0.3, -0.25) is 34.7 Å². The summed E-state index contributed by atoms with van der Waals surface area (Å²) in [5, 5.41) is 33.4. The van der Waals surface area contributed by atoms with Gasteiger partial charge in [0.05, 0.1) is 31.7 Å². The summed E-state index contributed by atoms with van der Waals surface area (Å²) in [6, 6.07) is 11.0. The second kappa shape index (κ2) is 8.39. The standard InChI is InChI=1S/C23H14N4O8S/c1-11-5-8-16(35-11)20(28)18-19(12-3-2-4-13(9-12)26(31)32)25(22(30)21(18)29)23-24-15-7-6-14(27(33)34)10-17(15)36-23/h2-10,19,29H,1H3. The summed E-state index contributed by atoms with van der Waals surface area (Å²) in [5.74, 6) is -2.27. The molecule has 13 heteroatoms. The van der Waals surface area contributed by atoms with Crippen molar-refractivity contribution in [2.24, 2.45) is 0 Å². The van der Waals surface area contributed by atoms with Crippen LogP contribution in [0.1, 0.15) is 27.9 Å². The predicted octanol–water partition coefficient (Wildman–Crippen LogP) is 4.80. The molecule has 2 aromatic heterocycles. The number of nitro groups is 2. The second-order valence-corrected chi connectivity index (χ2v) is 8.85. The van der Waals surface area contributed by atoms with Gasteiger partial charge in [0.25, 0.3) is 17.3 Å². The largest absolute Gasteiger partial charge is 0.503 e. The molecule has 5 rings (SSSR count). The molecule has 0 radical (unpaired) electrons. The number of nitrogens with zero attached hydrogens (tertiary/aromatic N) is 4. The first kappa shape index (κ1) is 22.9. The number of thiazole rings is 1. The van der Waals surface area contributed by atoms with Crippen LogP contribution in [0.25, 0.3) is 10.2 Å². The van der Waals surface area contributed by atoms with Crippen LogP contribution in [-0.2, 0) is 4.79 Å². The fraction of sp³-hybridized carbons (Fsp3) is 0.0870. The molecule has 0 bridgehead atoms. The molecule has 36 heavy (non-hydrogen) atoms. The van der Waals surface area contributed by atoms with Gasteiger partial charge in [0.2, 0.25) is 5.78 Å². The van der Waals surface area contributed by atoms with E-state index in [0.29, 0.717) is 16.0 Å². The number of fused-ring (bicyclic) bond motifs is 1. The Labute approximate surface area is 205 Å². The zero-order valence-electron chi connectivity index (χ0n) is 18.3. The molecule has 0 fully saturated rings. The van der Waals surface area contributed by atoms with Crippen molar-refractivity contribution in [1.29, 1.82) is 0 Å². The highest BCUT2D eigenvalue weighted by atomic mass is 32.1. The number of nitro benzene ring substituents is 2. The van der Waals surface area contributed by atoms with Crippen molar-refractivity contribution in [1.82, 2.24) is 4.98 Å². The highest BCUT2D eigenvalue weighted by molar-refractivity contribution is 7.22. The van der Waals surface area contributed by atoms with Gasteiger partial charge in [0.15, 0.2) is 16.7 Å². The third-order valence-corrected chi connectivity index (χ3v) is 6.61. The molecular formula is C23H14N4O8S. The molecule has 4 aromatic rings. The molecule has 1 atom stereocenters. The number of aryl methyl sites for hydroxylation is 1. The molecule has 1 amide bonds. The minimum atomic E-state index is -1.27. The topological polar surface area (TPSA) is 170 Å². The Morgan fingerprint density at radius 2 is 1.81 bits per heavy atom. The highest BCUT2D eigenvalue weighted by Crippen LogP contribution is 2.45. The molecule has 3 heterocycles. The van der Waals surface area contributed by atoms with Gasteiger partial charge in [-0.25, -0.2) is 4.98 Å². The Bertz CT molecular complexity index is 1640. The number of aromatic nitrogens is 1. The Morgan fingerprint density at radius 3 is 2.47 bits per heavy atom. The summed E-state index contributed by atoms with van der Waals surface area (Å²) >= 11 is 0.938. The second-order valence-electron chi connectivity index (χ2n) is 7.84. The first-order valence-corrected chi connectivity index (χ1v) is 11.1. The van der Waals surface area contributed by atoms with Crippen LogP contribution >= 0.6 is 11.3 Å². The molecule has 1 unspecified atom stereocenters. The van der Waals surface area contributed by atoms with Crippen molar-refractivity contribution in [2.75, 3.05) is 4.90 Å². The minimum Gasteiger partial charge on any atom is -0.503 e. The number of carbonyl (C=O) groups excluding carboxylic acids is 2. The molecule has 0 spiro atoms. The average Bonchev–Trinajstić information content (AvgIpc) is 3.54. The average molecular weight is 506 g/mol. The monoisotopic (exact) mass is 506 g/mol. The van der Waals surface area contributed by atoms with E-state index in [4.69, 9.17) is 4.42 Å². The number of ketones is 1. The normalized spacial score (nSPS) is 15.6. The van der Waals surface area contributed by atoms with Crippen LogP contribution in [0.4, 0.5) is 16.5 Å². The van der Waals surface area contributed by atoms with Crippen LogP contribution < -0.4 is 4.90 Å². The molecule has 180 valence electrons. The number of anilines is 1. The number of amides is 1. The van der Waals surface area contributed by atoms with Crippen molar-refractivity contribution < 1.29 is 29.0 Å². The Kier molecular flexibility index (Phi) is 5.33. The summed E-state index contributed by atoms with van der Waals surface area (Å²) in [6.45, 7) is 1.62. The van der Waals surface area contributed by atoms with Gasteiger partial charge in [0.1, 0.15) is 5.76 Å². The van der Waals surface area contributed by atoms with Gasteiger partial charge in [-0.05, 0) is 30.7 Å². The fourth-order valence-electron chi connectivity index (χ4n) is 3.97. The van der Waals surface area contributed by atoms with Crippen molar-refractivity contribution >= 4 is 49.8 Å². The van der Waals surface area contributed by atoms with E-state index in [2.05, 4.69) is 4.98 Å². The summed E-state index contributed by atoms with van der Waals surface area (Å²) in [4.78, 5) is 53.5. The molecule has 0 saturated carbocycles. The minimum absolute atomic E-state index is 0.0389. The van der Waals surface area contributed by atoms with Crippen molar-refractivity contribution in [3.8, 4) is 0 Å². The van der Waals surface area contributed by atoms with Crippen molar-refractivity contribution in [2.45, 2.75) is 13.0 Å². The number of Topliss-reactive ketones (excluding diaryl/α,β-unsaturated/α-hetero) is 1. The smallest absolute Gasteiger partial charge is 0.296 e. The zero-order valence-corrected chi connectivity index (χ0v) is 19.1. The molecule has 12 nitrogen and oxygen atoms in total. The summed E-state index contributed by atoms with van der Waals surface area (Å²) < 4.78 is 5.80. The van der Waals surface area contributed by atoms with Crippen LogP contribution in [0.2, 0.25) is 0 Å². The summed E-state index contributed by atoms with van der Waals surface area (Å²) in [7, 11) is 0. The van der Waals surface area contributed by atoms with E-state index in [1.165, 1.54) is 48.5 Å². The zero-order chi connectivity index (χ0) is 25.7. The lowest BCUT2D eigenvalue weighted by Crippen LogP contribution is -2.31. The van der Waals surface area contributed by atoms with Gasteiger partial charge in [0, 0.05) is 24.3 Å². The number of hydrogen-bond acceptors (Lipinski definition) is 10. The molecule has 0 aliphatic carbocycles. The van der Waals surface area contributed by atoms with E-state index >= 15 is 0 Å². The number of aliphatic hydroxyl groups is 1. The van der Waals surface area contributed by atoms with Crippen LogP contribution in [0, 0.1) is 27.2 Å². The van der Waals surface area contributed by atoms with Gasteiger partial charge in [-0.1, -0.05) is 23.5 Å². The summed E-state index contributed by atoms with van der Waals surface area (Å²) in [5.41, 5.74) is -0.261. The van der Waals surface area contributed by atoms with E-state index in [1.54, 1.807) is 13.0 Å². The van der Waals surface area contributed by atoms with Crippen LogP contribution in [0.3, 0.4) is 0 Å². The van der Waals surface area contributed by atoms with Gasteiger partial charge in [-0.2, -0.15) is 0 Å². The van der Waals surface area contributed by atoms with Crippen molar-refractivity contribution in [3.05, 3.63) is 103 Å². The van der Waals surface area contributed by atoms with E-state index < -0.39 is 33.3 Å². The number of aliphatic hydroxyl groups excluding tert-OH is 1. The third-order valence-electron chi connectivity index (χ3n) is 5.59. The predicted molar refractivity (Wildman–Crippen MR) is 127 cm³/mol. The highest BCUT2D eigenvalue weighted by Gasteiger charge is 2.47. The Balaban J connectivity index is 1.69. The number of furan rings is 1. The van der Waals surface area contributed by atoms with Crippen LogP contribution in [0.5, 0.6) is 0 Å². The number of benzene rings is 2. The van der Waals surface area contributed by atoms with Crippen molar-refractivity contribution in [3.63, 3.8) is 0 Å². The van der Waals surface area contributed by atoms with Crippen LogP contribution in [0.15, 0.2) is 70.3 Å². The lowest BCUT2D eigenvalue weighted by molar-refractivity contribution is -0.385. The number of non-ortho nitro benzene ring substituents is 2. The number of hydrogen-bond donors (Lipinski definition) is 1. The molecule has 1 aliphatic heterocycles. The first-order valence-electron chi connectivity index (χ1n) is 10.3. The van der Waals surface area contributed by atoms with E-state index in [9.17, 15) is 34.9 Å². The lowest BCUT2D eigenvalue weighted by atomic mass is 9.95. The van der Waals surface area contributed by atoms with Gasteiger partial charge < -0.3 is 9.52 Å². The molecule has 2 aromatic carbocycles. The number of rotatable bonds is 6. The fourth-order valence-corrected chi connectivity index (χ4v) is 4.99. The Morgan fingerprint density at radius 1 is 1.08 bits per heavy atom. The molecule has 1 N–H and O–H groups in total. The maximum Gasteiger partial charge on any atom is 0.296 e. The van der Waals surface area contributed by atoms with Crippen LogP contribution in [-0.4, -0.2) is 31.6 Å². The summed E-state index contributed by atoms with van der Waals surface area (Å²) in [6.07, 6.45) is 0. The lowest BCUT2D eigenvalue weighted by Gasteiger charge is -2.24. The first-order chi connectivity index (χ1) is 17.2. The van der Waals surface area contributed by atoms with E-state index in [0.717, 1.165) is 16.2 Å². The van der Waals surface area contributed by atoms with Gasteiger partial charge in [-0.15, -0.1) is 0 Å². The third kappa shape index (κ3) is 3.67. The van der Waals surface area contributed by atoms with Gasteiger partial charge >= 0.3 is 0 Å². The SMILES string of the molecule is Cc1ccc(C(=O)C2=C(O)C(=O)N(c3nc4ccc([N+](=O)[O-])cc4s3)C2c2cccc([N+](=O)[O-])c2)o1.